The van der Waals surface area contributed by atoms with Crippen molar-refractivity contribution in [3.05, 3.63) is 70.0 Å². The second-order valence-electron chi connectivity index (χ2n) is 8.30. The van der Waals surface area contributed by atoms with Gasteiger partial charge in [-0.1, -0.05) is 45.9 Å². The molecular weight excluding hydrogens is 440 g/mol. The van der Waals surface area contributed by atoms with E-state index in [4.69, 9.17) is 9.15 Å². The molecule has 2 heterocycles. The molecule has 174 valence electrons. The zero-order chi connectivity index (χ0) is 24.1. The highest BCUT2D eigenvalue weighted by atomic mass is 32.1. The quantitative estimate of drug-likeness (QED) is 0.399. The minimum Gasteiger partial charge on any atom is -0.459 e. The van der Waals surface area contributed by atoms with E-state index in [1.165, 1.54) is 6.26 Å². The van der Waals surface area contributed by atoms with Crippen molar-refractivity contribution in [3.63, 3.8) is 0 Å². The number of carbonyl (C=O) groups excluding carboxylic acids is 3. The van der Waals surface area contributed by atoms with E-state index in [0.29, 0.717) is 15.4 Å². The Morgan fingerprint density at radius 1 is 1.00 bits per heavy atom. The fourth-order valence-electron chi connectivity index (χ4n) is 3.40. The number of amides is 2. The van der Waals surface area contributed by atoms with Crippen molar-refractivity contribution >= 4 is 39.8 Å². The smallest absolute Gasteiger partial charge is 0.349 e. The number of aryl methyl sites for hydroxylation is 1. The van der Waals surface area contributed by atoms with Crippen LogP contribution in [0, 0.1) is 6.92 Å². The summed E-state index contributed by atoms with van der Waals surface area (Å²) in [6.45, 7) is 9.60. The fourth-order valence-corrected chi connectivity index (χ4v) is 4.36. The summed E-state index contributed by atoms with van der Waals surface area (Å²) in [5.41, 5.74) is 3.49. The maximum Gasteiger partial charge on any atom is 0.349 e. The highest BCUT2D eigenvalue weighted by Crippen LogP contribution is 2.32. The van der Waals surface area contributed by atoms with Crippen molar-refractivity contribution in [2.45, 2.75) is 46.5 Å². The lowest BCUT2D eigenvalue weighted by molar-refractivity contribution is -0.119. The summed E-state index contributed by atoms with van der Waals surface area (Å²) < 4.78 is 10.3. The average molecular weight is 469 g/mol. The lowest BCUT2D eigenvalue weighted by Gasteiger charge is -2.20. The summed E-state index contributed by atoms with van der Waals surface area (Å²) in [6.07, 6.45) is 1.41. The molecule has 1 aromatic carbocycles. The molecule has 7 nitrogen and oxygen atoms in total. The molecule has 0 aliphatic heterocycles. The van der Waals surface area contributed by atoms with Gasteiger partial charge in [-0.2, -0.15) is 0 Å². The molecule has 2 N–H and O–H groups in total. The first-order valence-corrected chi connectivity index (χ1v) is 11.5. The molecule has 33 heavy (non-hydrogen) atoms. The second kappa shape index (κ2) is 10.5. The number of anilines is 2. The Hall–Kier alpha value is -3.39. The molecule has 8 heteroatoms. The number of benzene rings is 1. The van der Waals surface area contributed by atoms with Gasteiger partial charge in [-0.25, -0.2) is 4.79 Å². The molecule has 0 bridgehead atoms. The van der Waals surface area contributed by atoms with Crippen LogP contribution in [0.3, 0.4) is 0 Å². The summed E-state index contributed by atoms with van der Waals surface area (Å²) in [5, 5.41) is 6.10. The van der Waals surface area contributed by atoms with Crippen LogP contribution in [0.5, 0.6) is 0 Å². The maximum atomic E-state index is 12.6. The molecule has 0 saturated carbocycles. The van der Waals surface area contributed by atoms with E-state index < -0.39 is 24.4 Å². The third kappa shape index (κ3) is 5.90. The van der Waals surface area contributed by atoms with E-state index in [9.17, 15) is 14.4 Å². The number of thiophene rings is 1. The van der Waals surface area contributed by atoms with Crippen LogP contribution in [-0.2, 0) is 9.53 Å². The van der Waals surface area contributed by atoms with E-state index in [1.54, 1.807) is 25.1 Å². The minimum absolute atomic E-state index is 0.171. The fraction of sp³-hybridized carbons (Fsp3) is 0.320. The summed E-state index contributed by atoms with van der Waals surface area (Å²) in [5.74, 6) is -0.809. The van der Waals surface area contributed by atoms with Gasteiger partial charge < -0.3 is 19.8 Å². The Bertz CT molecular complexity index is 1120. The molecule has 2 amide bonds. The standard InChI is InChI=1S/C25H28N2O5S/c1-14(2)17-8-6-9-18(15(3)4)22(17)26-20(28)13-32-25(30)23-16(5)12-21(33-23)27-24(29)19-10-7-11-31-19/h6-12,14-15H,13H2,1-5H3,(H,26,28)(H,27,29). The van der Waals surface area contributed by atoms with Gasteiger partial charge in [-0.15, -0.1) is 11.3 Å². The zero-order valence-corrected chi connectivity index (χ0v) is 20.2. The summed E-state index contributed by atoms with van der Waals surface area (Å²) in [7, 11) is 0. The predicted molar refractivity (Wildman–Crippen MR) is 129 cm³/mol. The number of hydrogen-bond acceptors (Lipinski definition) is 6. The zero-order valence-electron chi connectivity index (χ0n) is 19.4. The van der Waals surface area contributed by atoms with Gasteiger partial charge in [0.15, 0.2) is 12.4 Å². The lowest BCUT2D eigenvalue weighted by atomic mass is 9.92. The topological polar surface area (TPSA) is 97.6 Å². The number of furan rings is 1. The van der Waals surface area contributed by atoms with Crippen molar-refractivity contribution < 1.29 is 23.5 Å². The molecule has 0 radical (unpaired) electrons. The molecular formula is C25H28N2O5S. The Morgan fingerprint density at radius 3 is 2.24 bits per heavy atom. The molecule has 0 fully saturated rings. The van der Waals surface area contributed by atoms with Crippen LogP contribution in [0.2, 0.25) is 0 Å². The number of ether oxygens (including phenoxy) is 1. The van der Waals surface area contributed by atoms with Crippen LogP contribution in [0.1, 0.15) is 76.4 Å². The molecule has 0 saturated heterocycles. The van der Waals surface area contributed by atoms with Crippen LogP contribution in [0.15, 0.2) is 47.1 Å². The number of rotatable bonds is 8. The number of hydrogen-bond donors (Lipinski definition) is 2. The van der Waals surface area contributed by atoms with Gasteiger partial charge in [0.25, 0.3) is 11.8 Å². The molecule has 0 aliphatic carbocycles. The van der Waals surface area contributed by atoms with Crippen molar-refractivity contribution in [1.82, 2.24) is 0 Å². The molecule has 0 atom stereocenters. The highest BCUT2D eigenvalue weighted by molar-refractivity contribution is 7.18. The van der Waals surface area contributed by atoms with Crippen molar-refractivity contribution in [3.8, 4) is 0 Å². The first-order chi connectivity index (χ1) is 15.7. The van der Waals surface area contributed by atoms with Crippen LogP contribution in [0.4, 0.5) is 10.7 Å². The van der Waals surface area contributed by atoms with Crippen molar-refractivity contribution in [1.29, 1.82) is 0 Å². The molecule has 0 aliphatic rings. The second-order valence-corrected chi connectivity index (χ2v) is 9.35. The maximum absolute atomic E-state index is 12.6. The van der Waals surface area contributed by atoms with Gasteiger partial charge in [0.05, 0.1) is 11.3 Å². The van der Waals surface area contributed by atoms with Gasteiger partial charge in [0.1, 0.15) is 4.88 Å². The SMILES string of the molecule is Cc1cc(NC(=O)c2ccco2)sc1C(=O)OCC(=O)Nc1c(C(C)C)cccc1C(C)C. The van der Waals surface area contributed by atoms with Crippen LogP contribution in [-0.4, -0.2) is 24.4 Å². The van der Waals surface area contributed by atoms with Gasteiger partial charge in [-0.05, 0) is 53.6 Å². The molecule has 0 spiro atoms. The predicted octanol–water partition coefficient (Wildman–Crippen LogP) is 5.94. The molecule has 3 aromatic rings. The summed E-state index contributed by atoms with van der Waals surface area (Å²) in [4.78, 5) is 37.6. The third-order valence-corrected chi connectivity index (χ3v) is 6.19. The lowest BCUT2D eigenvalue weighted by Crippen LogP contribution is -2.22. The molecule has 3 rings (SSSR count). The van der Waals surface area contributed by atoms with Gasteiger partial charge in [0, 0.05) is 5.69 Å². The first-order valence-electron chi connectivity index (χ1n) is 10.7. The van der Waals surface area contributed by atoms with Gasteiger partial charge >= 0.3 is 5.97 Å². The van der Waals surface area contributed by atoms with E-state index >= 15 is 0 Å². The van der Waals surface area contributed by atoms with Crippen LogP contribution < -0.4 is 10.6 Å². The van der Waals surface area contributed by atoms with Crippen LogP contribution >= 0.6 is 11.3 Å². The van der Waals surface area contributed by atoms with Gasteiger partial charge in [0.2, 0.25) is 0 Å². The van der Waals surface area contributed by atoms with E-state index in [1.807, 2.05) is 18.2 Å². The summed E-state index contributed by atoms with van der Waals surface area (Å²) >= 11 is 1.08. The first kappa shape index (κ1) is 24.3. The summed E-state index contributed by atoms with van der Waals surface area (Å²) in [6, 6.07) is 10.8. The molecule has 0 unspecified atom stereocenters. The minimum atomic E-state index is -0.618. The monoisotopic (exact) mass is 468 g/mol. The van der Waals surface area contributed by atoms with Crippen LogP contribution in [0.25, 0.3) is 0 Å². The van der Waals surface area contributed by atoms with Gasteiger partial charge in [-0.3, -0.25) is 9.59 Å². The van der Waals surface area contributed by atoms with E-state index in [-0.39, 0.29) is 17.6 Å². The number of para-hydroxylation sites is 1. The van der Waals surface area contributed by atoms with Crippen molar-refractivity contribution in [2.75, 3.05) is 17.2 Å². The Balaban J connectivity index is 1.64. The Kier molecular flexibility index (Phi) is 7.71. The Morgan fingerprint density at radius 2 is 1.67 bits per heavy atom. The number of esters is 1. The molecule has 2 aromatic heterocycles. The highest BCUT2D eigenvalue weighted by Gasteiger charge is 2.20. The van der Waals surface area contributed by atoms with Crippen molar-refractivity contribution in [2.24, 2.45) is 0 Å². The Labute approximate surface area is 197 Å². The third-order valence-electron chi connectivity index (χ3n) is 5.06. The van der Waals surface area contributed by atoms with E-state index in [2.05, 4.69) is 38.3 Å². The average Bonchev–Trinajstić information content (AvgIpc) is 3.42. The van der Waals surface area contributed by atoms with E-state index in [0.717, 1.165) is 28.2 Å². The number of carbonyl (C=O) groups is 3. The normalized spacial score (nSPS) is 11.0. The largest absolute Gasteiger partial charge is 0.459 e. The number of nitrogens with one attached hydrogen (secondary N) is 2.